The minimum Gasteiger partial charge on any atom is -0.497 e. The van der Waals surface area contributed by atoms with Crippen molar-refractivity contribution in [1.29, 1.82) is 0 Å². The van der Waals surface area contributed by atoms with E-state index in [4.69, 9.17) is 16.3 Å². The lowest BCUT2D eigenvalue weighted by Crippen LogP contribution is -1.83. The standard InChI is InChI=1S/C13H10ClN3O/c1-18-9-4-2-8(3-5-9)13-16-10-6-7-15-12(14)11(10)17-13/h2-7H,1H3,(H,16,17). The zero-order valence-electron chi connectivity index (χ0n) is 9.64. The molecule has 5 heteroatoms. The van der Waals surface area contributed by atoms with Crippen LogP contribution in [0.5, 0.6) is 5.75 Å². The normalized spacial score (nSPS) is 10.8. The zero-order chi connectivity index (χ0) is 12.5. The summed E-state index contributed by atoms with van der Waals surface area (Å²) in [5, 5.41) is 0.406. The van der Waals surface area contributed by atoms with Gasteiger partial charge in [-0.3, -0.25) is 0 Å². The topological polar surface area (TPSA) is 50.8 Å². The first-order valence-electron chi connectivity index (χ1n) is 5.42. The fourth-order valence-electron chi connectivity index (χ4n) is 1.79. The SMILES string of the molecule is COc1ccc(-c2nc3c(Cl)nccc3[nH]2)cc1. The summed E-state index contributed by atoms with van der Waals surface area (Å²) < 4.78 is 5.12. The van der Waals surface area contributed by atoms with Gasteiger partial charge in [0.15, 0.2) is 5.15 Å². The van der Waals surface area contributed by atoms with Crippen LogP contribution in [0, 0.1) is 0 Å². The van der Waals surface area contributed by atoms with E-state index in [0.717, 1.165) is 22.7 Å². The van der Waals surface area contributed by atoms with Crippen molar-refractivity contribution < 1.29 is 4.74 Å². The first-order valence-corrected chi connectivity index (χ1v) is 5.80. The third kappa shape index (κ3) is 1.80. The molecule has 0 saturated carbocycles. The summed E-state index contributed by atoms with van der Waals surface area (Å²) in [6.45, 7) is 0. The number of ether oxygens (including phenoxy) is 1. The molecule has 0 aliphatic rings. The molecule has 3 aromatic rings. The molecule has 0 aliphatic carbocycles. The Hall–Kier alpha value is -2.07. The van der Waals surface area contributed by atoms with Gasteiger partial charge in [-0.15, -0.1) is 0 Å². The van der Waals surface area contributed by atoms with Crippen LogP contribution in [0.3, 0.4) is 0 Å². The average molecular weight is 260 g/mol. The molecule has 0 radical (unpaired) electrons. The van der Waals surface area contributed by atoms with Gasteiger partial charge in [-0.2, -0.15) is 0 Å². The molecular weight excluding hydrogens is 250 g/mol. The van der Waals surface area contributed by atoms with E-state index in [9.17, 15) is 0 Å². The predicted octanol–water partition coefficient (Wildman–Crippen LogP) is 3.29. The number of nitrogens with one attached hydrogen (secondary N) is 1. The number of imidazole rings is 1. The number of hydrogen-bond donors (Lipinski definition) is 1. The van der Waals surface area contributed by atoms with Crippen molar-refractivity contribution in [3.8, 4) is 17.1 Å². The van der Waals surface area contributed by atoms with Gasteiger partial charge in [-0.1, -0.05) is 11.6 Å². The minimum absolute atomic E-state index is 0.406. The first kappa shape index (κ1) is 11.0. The molecule has 3 rings (SSSR count). The largest absolute Gasteiger partial charge is 0.497 e. The highest BCUT2D eigenvalue weighted by molar-refractivity contribution is 6.33. The molecule has 0 amide bonds. The molecule has 0 spiro atoms. The Bertz CT molecular complexity index is 691. The highest BCUT2D eigenvalue weighted by Gasteiger charge is 2.08. The van der Waals surface area contributed by atoms with Crippen LogP contribution in [0.1, 0.15) is 0 Å². The number of aromatic nitrogens is 3. The van der Waals surface area contributed by atoms with Crippen molar-refractivity contribution in [3.05, 3.63) is 41.7 Å². The van der Waals surface area contributed by atoms with E-state index in [1.165, 1.54) is 0 Å². The third-order valence-corrected chi connectivity index (χ3v) is 3.00. The molecule has 0 atom stereocenters. The second kappa shape index (κ2) is 4.31. The summed E-state index contributed by atoms with van der Waals surface area (Å²) in [7, 11) is 1.64. The molecule has 90 valence electrons. The van der Waals surface area contributed by atoms with Gasteiger partial charge in [0.1, 0.15) is 17.1 Å². The number of H-pyrrole nitrogens is 1. The summed E-state index contributed by atoms with van der Waals surface area (Å²) in [6.07, 6.45) is 1.65. The van der Waals surface area contributed by atoms with E-state index in [1.807, 2.05) is 30.3 Å². The van der Waals surface area contributed by atoms with Gasteiger partial charge in [0.2, 0.25) is 0 Å². The molecular formula is C13H10ClN3O. The van der Waals surface area contributed by atoms with Crippen molar-refractivity contribution in [1.82, 2.24) is 15.0 Å². The third-order valence-electron chi connectivity index (χ3n) is 2.72. The van der Waals surface area contributed by atoms with Gasteiger partial charge in [0.05, 0.1) is 12.6 Å². The van der Waals surface area contributed by atoms with Gasteiger partial charge in [0, 0.05) is 11.8 Å². The van der Waals surface area contributed by atoms with Crippen LogP contribution in [-0.4, -0.2) is 22.1 Å². The lowest BCUT2D eigenvalue weighted by Gasteiger charge is -2.00. The zero-order valence-corrected chi connectivity index (χ0v) is 10.4. The van der Waals surface area contributed by atoms with Crippen LogP contribution in [0.25, 0.3) is 22.4 Å². The van der Waals surface area contributed by atoms with E-state index < -0.39 is 0 Å². The monoisotopic (exact) mass is 259 g/mol. The summed E-state index contributed by atoms with van der Waals surface area (Å²) in [5.74, 6) is 1.58. The minimum atomic E-state index is 0.406. The molecule has 0 unspecified atom stereocenters. The maximum Gasteiger partial charge on any atom is 0.156 e. The van der Waals surface area contributed by atoms with E-state index >= 15 is 0 Å². The van der Waals surface area contributed by atoms with Crippen molar-refractivity contribution in [2.75, 3.05) is 7.11 Å². The van der Waals surface area contributed by atoms with Crippen LogP contribution in [0.2, 0.25) is 5.15 Å². The van der Waals surface area contributed by atoms with Gasteiger partial charge in [-0.25, -0.2) is 9.97 Å². The Kier molecular flexibility index (Phi) is 2.64. The van der Waals surface area contributed by atoms with Gasteiger partial charge >= 0.3 is 0 Å². The van der Waals surface area contributed by atoms with Crippen LogP contribution in [0.4, 0.5) is 0 Å². The van der Waals surface area contributed by atoms with Gasteiger partial charge < -0.3 is 9.72 Å². The maximum atomic E-state index is 5.99. The number of pyridine rings is 1. The number of hydrogen-bond acceptors (Lipinski definition) is 3. The molecule has 0 fully saturated rings. The highest BCUT2D eigenvalue weighted by Crippen LogP contribution is 2.25. The number of fused-ring (bicyclic) bond motifs is 1. The Morgan fingerprint density at radius 3 is 2.61 bits per heavy atom. The summed E-state index contributed by atoms with van der Waals surface area (Å²) in [4.78, 5) is 11.7. The quantitative estimate of drug-likeness (QED) is 0.719. The lowest BCUT2D eigenvalue weighted by molar-refractivity contribution is 0.415. The molecule has 18 heavy (non-hydrogen) atoms. The van der Waals surface area contributed by atoms with E-state index in [-0.39, 0.29) is 0 Å². The number of rotatable bonds is 2. The second-order valence-corrected chi connectivity index (χ2v) is 4.17. The summed E-state index contributed by atoms with van der Waals surface area (Å²) in [6, 6.07) is 9.52. The fourth-order valence-corrected chi connectivity index (χ4v) is 1.99. The summed E-state index contributed by atoms with van der Waals surface area (Å²) >= 11 is 5.99. The molecule has 4 nitrogen and oxygen atoms in total. The van der Waals surface area contributed by atoms with Crippen molar-refractivity contribution in [2.45, 2.75) is 0 Å². The maximum absolute atomic E-state index is 5.99. The Balaban J connectivity index is 2.10. The van der Waals surface area contributed by atoms with Gasteiger partial charge in [0.25, 0.3) is 0 Å². The fraction of sp³-hybridized carbons (Fsp3) is 0.0769. The number of aromatic amines is 1. The molecule has 1 N–H and O–H groups in total. The van der Waals surface area contributed by atoms with E-state index in [1.54, 1.807) is 13.3 Å². The van der Waals surface area contributed by atoms with Crippen molar-refractivity contribution in [3.63, 3.8) is 0 Å². The van der Waals surface area contributed by atoms with E-state index in [0.29, 0.717) is 10.7 Å². The molecule has 0 saturated heterocycles. The second-order valence-electron chi connectivity index (χ2n) is 3.81. The number of methoxy groups -OCH3 is 1. The molecule has 0 bridgehead atoms. The van der Waals surface area contributed by atoms with Gasteiger partial charge in [-0.05, 0) is 30.3 Å². The van der Waals surface area contributed by atoms with Crippen molar-refractivity contribution in [2.24, 2.45) is 0 Å². The smallest absolute Gasteiger partial charge is 0.156 e. The Morgan fingerprint density at radius 2 is 1.94 bits per heavy atom. The van der Waals surface area contributed by atoms with Crippen LogP contribution in [0.15, 0.2) is 36.5 Å². The molecule has 1 aromatic carbocycles. The first-order chi connectivity index (χ1) is 8.78. The van der Waals surface area contributed by atoms with Crippen LogP contribution < -0.4 is 4.74 Å². The summed E-state index contributed by atoms with van der Waals surface area (Å²) in [5.41, 5.74) is 2.54. The number of benzene rings is 1. The van der Waals surface area contributed by atoms with Crippen LogP contribution in [-0.2, 0) is 0 Å². The van der Waals surface area contributed by atoms with Crippen LogP contribution >= 0.6 is 11.6 Å². The average Bonchev–Trinajstić information content (AvgIpc) is 2.84. The molecule has 2 heterocycles. The predicted molar refractivity (Wildman–Crippen MR) is 70.9 cm³/mol. The van der Waals surface area contributed by atoms with E-state index in [2.05, 4.69) is 15.0 Å². The number of halogens is 1. The molecule has 2 aromatic heterocycles. The highest BCUT2D eigenvalue weighted by atomic mass is 35.5. The number of nitrogens with zero attached hydrogens (tertiary/aromatic N) is 2. The molecule has 0 aliphatic heterocycles. The Labute approximate surface area is 109 Å². The lowest BCUT2D eigenvalue weighted by atomic mass is 10.2. The van der Waals surface area contributed by atoms with Crippen molar-refractivity contribution >= 4 is 22.6 Å². The Morgan fingerprint density at radius 1 is 1.17 bits per heavy atom.